The smallest absolute Gasteiger partial charge is 0.253 e. The van der Waals surface area contributed by atoms with Gasteiger partial charge in [-0.05, 0) is 62.9 Å². The van der Waals surface area contributed by atoms with Gasteiger partial charge in [0.25, 0.3) is 5.91 Å². The van der Waals surface area contributed by atoms with Gasteiger partial charge in [-0.25, -0.2) is 18.7 Å². The molecule has 0 radical (unpaired) electrons. The quantitative estimate of drug-likeness (QED) is 0.380. The average Bonchev–Trinajstić information content (AvgIpc) is 3.30. The fraction of sp³-hybridized carbons (Fsp3) is 0.290. The van der Waals surface area contributed by atoms with Crippen LogP contribution in [0.2, 0.25) is 5.02 Å². The van der Waals surface area contributed by atoms with Crippen molar-refractivity contribution in [1.82, 2.24) is 20.2 Å². The van der Waals surface area contributed by atoms with E-state index in [1.165, 1.54) is 12.2 Å². The van der Waals surface area contributed by atoms with Crippen molar-refractivity contribution in [2.75, 3.05) is 25.5 Å². The highest BCUT2D eigenvalue weighted by molar-refractivity contribution is 6.31. The van der Waals surface area contributed by atoms with Gasteiger partial charge in [-0.2, -0.15) is 0 Å². The molecule has 3 heterocycles. The van der Waals surface area contributed by atoms with Crippen LogP contribution in [0.5, 0.6) is 0 Å². The molecule has 3 aliphatic rings. The highest BCUT2D eigenvalue weighted by atomic mass is 35.5. The Hall–Kier alpha value is -3.95. The Bertz CT molecular complexity index is 1620. The van der Waals surface area contributed by atoms with Crippen LogP contribution < -0.4 is 10.6 Å². The second-order valence-corrected chi connectivity index (χ2v) is 11.2. The molecular weight excluding hydrogens is 546 g/mol. The van der Waals surface area contributed by atoms with Gasteiger partial charge >= 0.3 is 0 Å². The SMILES string of the molecule is CNC1(C)CCN(C(=O)c2ccc(Nc3ncc4c(n3)-c3ccc(Cl)cc3C(C3=C(F)C=CCC3F)=NC4)cc2)C1. The van der Waals surface area contributed by atoms with Crippen molar-refractivity contribution in [3.05, 3.63) is 93.9 Å². The van der Waals surface area contributed by atoms with Crippen LogP contribution in [0.25, 0.3) is 11.3 Å². The number of nitrogens with one attached hydrogen (secondary N) is 2. The van der Waals surface area contributed by atoms with E-state index in [-0.39, 0.29) is 35.7 Å². The van der Waals surface area contributed by atoms with Crippen LogP contribution in [-0.4, -0.2) is 58.3 Å². The number of likely N-dealkylation sites (N-methyl/N-ethyl adjacent to an activating group) is 1. The molecule has 2 atom stereocenters. The number of halogens is 3. The van der Waals surface area contributed by atoms with E-state index in [9.17, 15) is 13.6 Å². The average molecular weight is 575 g/mol. The molecule has 1 amide bonds. The summed E-state index contributed by atoms with van der Waals surface area (Å²) in [7, 11) is 1.92. The van der Waals surface area contributed by atoms with E-state index in [0.29, 0.717) is 52.1 Å². The molecule has 1 aliphatic carbocycles. The van der Waals surface area contributed by atoms with Crippen molar-refractivity contribution in [2.45, 2.75) is 38.0 Å². The highest BCUT2D eigenvalue weighted by Crippen LogP contribution is 2.37. The number of anilines is 2. The van der Waals surface area contributed by atoms with Crippen LogP contribution in [0.1, 0.15) is 41.3 Å². The summed E-state index contributed by atoms with van der Waals surface area (Å²) in [6.45, 7) is 3.65. The number of carbonyl (C=O) groups is 1. The Morgan fingerprint density at radius 3 is 2.71 bits per heavy atom. The summed E-state index contributed by atoms with van der Waals surface area (Å²) < 4.78 is 29.8. The molecule has 2 aromatic carbocycles. The van der Waals surface area contributed by atoms with Crippen LogP contribution in [0.3, 0.4) is 0 Å². The zero-order valence-electron chi connectivity index (χ0n) is 22.7. The van der Waals surface area contributed by atoms with Crippen LogP contribution >= 0.6 is 11.6 Å². The number of allylic oxidation sites excluding steroid dienone is 4. The molecule has 2 aliphatic heterocycles. The topological polar surface area (TPSA) is 82.5 Å². The van der Waals surface area contributed by atoms with Gasteiger partial charge in [-0.15, -0.1) is 0 Å². The number of nitrogens with zero attached hydrogens (tertiary/aromatic N) is 4. The first kappa shape index (κ1) is 27.2. The van der Waals surface area contributed by atoms with Gasteiger partial charge in [0, 0.05) is 69.8 Å². The number of benzene rings is 2. The summed E-state index contributed by atoms with van der Waals surface area (Å²) in [5.41, 5.74) is 3.91. The van der Waals surface area contributed by atoms with E-state index >= 15 is 0 Å². The van der Waals surface area contributed by atoms with Gasteiger partial charge in [0.1, 0.15) is 12.0 Å². The van der Waals surface area contributed by atoms with Gasteiger partial charge in [-0.1, -0.05) is 23.7 Å². The number of carbonyl (C=O) groups excluding carboxylic acids is 1. The molecule has 1 fully saturated rings. The minimum absolute atomic E-state index is 0.00148. The molecular formula is C31H29ClF2N6O. The summed E-state index contributed by atoms with van der Waals surface area (Å²) in [5, 5.41) is 6.93. The number of hydrogen-bond acceptors (Lipinski definition) is 6. The molecule has 3 aromatic rings. The Labute approximate surface area is 242 Å². The molecule has 1 saturated heterocycles. The third-order valence-electron chi connectivity index (χ3n) is 7.95. The third-order valence-corrected chi connectivity index (χ3v) is 8.18. The number of aliphatic imine (C=N–C) groups is 1. The first-order chi connectivity index (χ1) is 19.7. The summed E-state index contributed by atoms with van der Waals surface area (Å²) >= 11 is 6.32. The van der Waals surface area contributed by atoms with E-state index in [0.717, 1.165) is 12.0 Å². The molecule has 6 rings (SSSR count). The number of rotatable bonds is 5. The Morgan fingerprint density at radius 2 is 1.98 bits per heavy atom. The number of hydrogen-bond donors (Lipinski definition) is 2. The van der Waals surface area contributed by atoms with Crippen LogP contribution in [0.4, 0.5) is 20.4 Å². The van der Waals surface area contributed by atoms with Crippen molar-refractivity contribution in [1.29, 1.82) is 0 Å². The normalized spacial score (nSPS) is 21.7. The summed E-state index contributed by atoms with van der Waals surface area (Å²) in [6, 6.07) is 12.4. The lowest BCUT2D eigenvalue weighted by Gasteiger charge is -2.24. The number of aromatic nitrogens is 2. The maximum Gasteiger partial charge on any atom is 0.253 e. The number of fused-ring (bicyclic) bond motifs is 3. The Kier molecular flexibility index (Phi) is 7.17. The minimum Gasteiger partial charge on any atom is -0.337 e. The Balaban J connectivity index is 1.27. The van der Waals surface area contributed by atoms with Crippen LogP contribution in [-0.2, 0) is 6.54 Å². The molecule has 1 aromatic heterocycles. The lowest BCUT2D eigenvalue weighted by molar-refractivity contribution is 0.0782. The van der Waals surface area contributed by atoms with Gasteiger partial charge in [-0.3, -0.25) is 9.79 Å². The maximum atomic E-state index is 14.9. The minimum atomic E-state index is -1.51. The Morgan fingerprint density at radius 1 is 1.17 bits per heavy atom. The molecule has 7 nitrogen and oxygen atoms in total. The molecule has 210 valence electrons. The maximum absolute atomic E-state index is 14.9. The summed E-state index contributed by atoms with van der Waals surface area (Å²) in [5.74, 6) is -0.306. The van der Waals surface area contributed by atoms with Crippen LogP contribution in [0.15, 0.2) is 77.2 Å². The first-order valence-electron chi connectivity index (χ1n) is 13.5. The molecule has 0 spiro atoms. The van der Waals surface area contributed by atoms with Gasteiger partial charge < -0.3 is 15.5 Å². The van der Waals surface area contributed by atoms with Crippen molar-refractivity contribution in [2.24, 2.45) is 4.99 Å². The number of alkyl halides is 1. The van der Waals surface area contributed by atoms with Crippen molar-refractivity contribution < 1.29 is 13.6 Å². The van der Waals surface area contributed by atoms with E-state index in [1.807, 2.05) is 24.1 Å². The molecule has 41 heavy (non-hydrogen) atoms. The highest BCUT2D eigenvalue weighted by Gasteiger charge is 2.35. The van der Waals surface area contributed by atoms with Gasteiger partial charge in [0.05, 0.1) is 18.0 Å². The van der Waals surface area contributed by atoms with E-state index < -0.39 is 12.0 Å². The standard InChI is InChI=1S/C31H29ClF2N6O/c1-31(35-2)12-13-40(17-31)29(41)18-6-9-21(10-7-18)38-30-37-16-19-15-36-28(26-24(33)4-3-5-25(26)34)23-14-20(32)8-11-22(23)27(19)39-30/h3-4,6-11,14,16,25,35H,5,12-13,15,17H2,1-2H3,(H,37,38,39). The molecule has 2 unspecified atom stereocenters. The van der Waals surface area contributed by atoms with E-state index in [1.54, 1.807) is 36.5 Å². The first-order valence-corrected chi connectivity index (χ1v) is 13.9. The lowest BCUT2D eigenvalue weighted by atomic mass is 9.90. The fourth-order valence-electron chi connectivity index (χ4n) is 5.47. The van der Waals surface area contributed by atoms with Crippen molar-refractivity contribution in [3.8, 4) is 11.3 Å². The largest absolute Gasteiger partial charge is 0.337 e. The molecule has 0 bridgehead atoms. The predicted molar refractivity (Wildman–Crippen MR) is 157 cm³/mol. The zero-order chi connectivity index (χ0) is 28.7. The zero-order valence-corrected chi connectivity index (χ0v) is 23.5. The molecule has 10 heteroatoms. The van der Waals surface area contributed by atoms with Gasteiger partial charge in [0.15, 0.2) is 0 Å². The second kappa shape index (κ2) is 10.8. The third kappa shape index (κ3) is 5.27. The summed E-state index contributed by atoms with van der Waals surface area (Å²) in [6.07, 6.45) is 3.90. The van der Waals surface area contributed by atoms with Crippen molar-refractivity contribution >= 4 is 34.9 Å². The van der Waals surface area contributed by atoms with E-state index in [4.69, 9.17) is 16.6 Å². The number of amides is 1. The lowest BCUT2D eigenvalue weighted by Crippen LogP contribution is -2.43. The second-order valence-electron chi connectivity index (χ2n) is 10.8. The number of likely N-dealkylation sites (tertiary alicyclic amines) is 1. The van der Waals surface area contributed by atoms with Crippen molar-refractivity contribution in [3.63, 3.8) is 0 Å². The molecule has 0 saturated carbocycles. The monoisotopic (exact) mass is 574 g/mol. The summed E-state index contributed by atoms with van der Waals surface area (Å²) in [4.78, 5) is 28.7. The van der Waals surface area contributed by atoms with Crippen LogP contribution in [0, 0.1) is 0 Å². The van der Waals surface area contributed by atoms with E-state index in [2.05, 4.69) is 27.5 Å². The predicted octanol–water partition coefficient (Wildman–Crippen LogP) is 6.19. The fourth-order valence-corrected chi connectivity index (χ4v) is 5.64. The molecule has 2 N–H and O–H groups in total. The van der Waals surface area contributed by atoms with Gasteiger partial charge in [0.2, 0.25) is 5.95 Å².